The first kappa shape index (κ1) is 26.7. The van der Waals surface area contributed by atoms with Gasteiger partial charge in [0.1, 0.15) is 0 Å². The summed E-state index contributed by atoms with van der Waals surface area (Å²) in [6.45, 7) is 9.29. The maximum Gasteiger partial charge on any atom is 0.389 e. The Labute approximate surface area is 199 Å². The quantitative estimate of drug-likeness (QED) is 0.236. The second-order valence-electron chi connectivity index (χ2n) is 7.99. The number of alkyl halides is 3. The van der Waals surface area contributed by atoms with E-state index >= 15 is 0 Å². The molecule has 7 heteroatoms. The summed E-state index contributed by atoms with van der Waals surface area (Å²) < 4.78 is 39.3. The van der Waals surface area contributed by atoms with Crippen LogP contribution in [0.15, 0.2) is 54.6 Å². The maximum atomic E-state index is 12.4. The van der Waals surface area contributed by atoms with Crippen LogP contribution in [0.5, 0.6) is 0 Å². The van der Waals surface area contributed by atoms with Gasteiger partial charge in [-0.05, 0) is 68.3 Å². The molecular weight excluding hydrogens is 449 g/mol. The Morgan fingerprint density at radius 1 is 1.25 bits per heavy atom. The molecule has 1 atom stereocenters. The number of hydrogen-bond donors (Lipinski definition) is 0. The van der Waals surface area contributed by atoms with Crippen LogP contribution in [-0.4, -0.2) is 32.8 Å². The second-order valence-corrected chi connectivity index (χ2v) is 10.1. The first-order chi connectivity index (χ1) is 15.3. The number of benzene rings is 1. The number of nitrogens with zero attached hydrogens (tertiary/aromatic N) is 2. The Morgan fingerprint density at radius 2 is 2.00 bits per heavy atom. The highest BCUT2D eigenvalue weighted by Crippen LogP contribution is 2.23. The molecule has 2 nitrogen and oxygen atoms in total. The summed E-state index contributed by atoms with van der Waals surface area (Å²) in [7, 11) is 0. The molecule has 0 aliphatic carbocycles. The molecule has 178 valence electrons. The molecule has 32 heavy (non-hydrogen) atoms. The Hall–Kier alpha value is -1.60. The van der Waals surface area contributed by atoms with Crippen molar-refractivity contribution in [2.24, 2.45) is 0 Å². The first-order valence-corrected chi connectivity index (χ1v) is 13.1. The highest BCUT2D eigenvalue weighted by atomic mass is 32.2. The van der Waals surface area contributed by atoms with Crippen molar-refractivity contribution in [2.45, 2.75) is 71.0 Å². The molecule has 0 aliphatic heterocycles. The lowest BCUT2D eigenvalue weighted by Crippen LogP contribution is -2.31. The van der Waals surface area contributed by atoms with E-state index in [-0.39, 0.29) is 6.42 Å². The van der Waals surface area contributed by atoms with E-state index in [1.54, 1.807) is 11.5 Å². The molecule has 0 saturated carbocycles. The SMILES string of the molecule is C=CN(CCSn1scc1C)C(/C=C/CCc1cccc(CCCC(F)(F)F)c1)CCC. The average Bonchev–Trinajstić information content (AvgIpc) is 2.74. The summed E-state index contributed by atoms with van der Waals surface area (Å²) in [6, 6.07) is 8.32. The zero-order valence-corrected chi connectivity index (χ0v) is 20.7. The van der Waals surface area contributed by atoms with Gasteiger partial charge in [0.25, 0.3) is 0 Å². The van der Waals surface area contributed by atoms with Crippen LogP contribution in [0.3, 0.4) is 0 Å². The lowest BCUT2D eigenvalue weighted by atomic mass is 10.0. The summed E-state index contributed by atoms with van der Waals surface area (Å²) >= 11 is 3.57. The lowest BCUT2D eigenvalue weighted by molar-refractivity contribution is -0.135. The van der Waals surface area contributed by atoms with Crippen molar-refractivity contribution in [2.75, 3.05) is 12.3 Å². The second kappa shape index (κ2) is 13.8. The standard InChI is InChI=1S/C25H35F3N2S2/c1-4-10-24(29(5-2)17-18-31-30-21(3)20-32-30)15-7-6-11-22-12-8-13-23(19-22)14-9-16-25(26,27)28/h5,7-8,12-13,15,19-20,24H,2,4,6,9-11,14,16-18H2,1,3H3/b15-7+. The van der Waals surface area contributed by atoms with Crippen molar-refractivity contribution in [3.8, 4) is 0 Å². The number of rotatable bonds is 15. The van der Waals surface area contributed by atoms with Crippen molar-refractivity contribution in [1.82, 2.24) is 8.26 Å². The molecule has 2 aromatic rings. The van der Waals surface area contributed by atoms with E-state index in [0.717, 1.165) is 43.5 Å². The van der Waals surface area contributed by atoms with Gasteiger partial charge >= 0.3 is 6.18 Å². The van der Waals surface area contributed by atoms with Gasteiger partial charge in [-0.1, -0.05) is 67.9 Å². The zero-order valence-electron chi connectivity index (χ0n) is 19.1. The number of halogens is 3. The Bertz CT molecular complexity index is 823. The minimum absolute atomic E-state index is 0.146. The summed E-state index contributed by atoms with van der Waals surface area (Å²) in [5, 5.41) is 2.15. The number of aryl methyl sites for hydroxylation is 3. The van der Waals surface area contributed by atoms with E-state index in [1.165, 1.54) is 11.3 Å². The van der Waals surface area contributed by atoms with Gasteiger partial charge in [-0.2, -0.15) is 13.2 Å². The van der Waals surface area contributed by atoms with Crippen LogP contribution >= 0.6 is 23.5 Å². The van der Waals surface area contributed by atoms with Gasteiger partial charge < -0.3 is 4.90 Å². The highest BCUT2D eigenvalue weighted by molar-refractivity contribution is 7.99. The van der Waals surface area contributed by atoms with Crippen LogP contribution in [0, 0.1) is 6.92 Å². The fourth-order valence-corrected chi connectivity index (χ4v) is 5.35. The molecule has 0 aliphatic rings. The molecule has 0 bridgehead atoms. The third-order valence-corrected chi connectivity index (χ3v) is 7.67. The molecule has 1 aromatic carbocycles. The zero-order chi connectivity index (χ0) is 23.4. The van der Waals surface area contributed by atoms with Gasteiger partial charge in [-0.3, -0.25) is 0 Å². The molecule has 1 aromatic heterocycles. The Kier molecular flexibility index (Phi) is 11.5. The highest BCUT2D eigenvalue weighted by Gasteiger charge is 2.25. The molecule has 0 spiro atoms. The minimum Gasteiger partial charge on any atom is -0.371 e. The van der Waals surface area contributed by atoms with Crippen molar-refractivity contribution in [1.29, 1.82) is 0 Å². The Morgan fingerprint density at radius 3 is 2.59 bits per heavy atom. The molecular formula is C25H35F3N2S2. The normalized spacial score (nSPS) is 13.0. The van der Waals surface area contributed by atoms with Crippen LogP contribution in [0.2, 0.25) is 0 Å². The van der Waals surface area contributed by atoms with Crippen LogP contribution in [0.25, 0.3) is 0 Å². The summed E-state index contributed by atoms with van der Waals surface area (Å²) in [5.41, 5.74) is 3.47. The van der Waals surface area contributed by atoms with E-state index in [4.69, 9.17) is 0 Å². The fraction of sp³-hybridized carbons (Fsp3) is 0.520. The molecule has 0 amide bonds. The van der Waals surface area contributed by atoms with Gasteiger partial charge in [-0.25, -0.2) is 3.36 Å². The topological polar surface area (TPSA) is 8.17 Å². The molecule has 0 radical (unpaired) electrons. The largest absolute Gasteiger partial charge is 0.389 e. The Balaban J connectivity index is 1.81. The van der Waals surface area contributed by atoms with Crippen molar-refractivity contribution in [3.63, 3.8) is 0 Å². The van der Waals surface area contributed by atoms with Gasteiger partial charge in [0, 0.05) is 35.8 Å². The van der Waals surface area contributed by atoms with Gasteiger partial charge in [0.05, 0.1) is 0 Å². The van der Waals surface area contributed by atoms with Gasteiger partial charge in [-0.15, -0.1) is 0 Å². The molecule has 0 saturated heterocycles. The molecule has 0 N–H and O–H groups in total. The van der Waals surface area contributed by atoms with Gasteiger partial charge in [0.15, 0.2) is 0 Å². The predicted molar refractivity (Wildman–Crippen MR) is 133 cm³/mol. The van der Waals surface area contributed by atoms with E-state index in [1.807, 2.05) is 36.3 Å². The number of aromatic nitrogens is 1. The van der Waals surface area contributed by atoms with Crippen LogP contribution in [0.4, 0.5) is 13.2 Å². The minimum atomic E-state index is -4.07. The van der Waals surface area contributed by atoms with Crippen molar-refractivity contribution >= 4 is 23.5 Å². The average molecular weight is 485 g/mol. The summed E-state index contributed by atoms with van der Waals surface area (Å²) in [4.78, 5) is 2.32. The van der Waals surface area contributed by atoms with E-state index in [9.17, 15) is 13.2 Å². The van der Waals surface area contributed by atoms with E-state index in [2.05, 4.69) is 52.3 Å². The van der Waals surface area contributed by atoms with Crippen LogP contribution in [0.1, 0.15) is 55.8 Å². The van der Waals surface area contributed by atoms with E-state index < -0.39 is 12.6 Å². The van der Waals surface area contributed by atoms with Crippen molar-refractivity contribution < 1.29 is 13.2 Å². The third kappa shape index (κ3) is 9.90. The lowest BCUT2D eigenvalue weighted by Gasteiger charge is -2.28. The van der Waals surface area contributed by atoms with Crippen LogP contribution in [-0.2, 0) is 12.8 Å². The van der Waals surface area contributed by atoms with Crippen molar-refractivity contribution in [3.05, 3.63) is 71.4 Å². The van der Waals surface area contributed by atoms with Crippen LogP contribution < -0.4 is 0 Å². The first-order valence-electron chi connectivity index (χ1n) is 11.3. The predicted octanol–water partition coefficient (Wildman–Crippen LogP) is 8.04. The monoisotopic (exact) mass is 484 g/mol. The molecule has 2 rings (SSSR count). The number of hydrogen-bond acceptors (Lipinski definition) is 3. The van der Waals surface area contributed by atoms with Gasteiger partial charge in [0.2, 0.25) is 0 Å². The molecule has 1 heterocycles. The maximum absolute atomic E-state index is 12.4. The smallest absolute Gasteiger partial charge is 0.371 e. The molecule has 0 fully saturated rings. The van der Waals surface area contributed by atoms with E-state index in [0.29, 0.717) is 12.5 Å². The third-order valence-electron chi connectivity index (χ3n) is 5.28. The summed E-state index contributed by atoms with van der Waals surface area (Å²) in [6.07, 6.45) is 6.29. The number of allylic oxidation sites excluding steroid dienone is 1. The molecule has 1 unspecified atom stereocenters. The summed E-state index contributed by atoms with van der Waals surface area (Å²) in [5.74, 6) is 1.01. The fourth-order valence-electron chi connectivity index (χ4n) is 3.56.